The molecule has 3 atom stereocenters. The van der Waals surface area contributed by atoms with E-state index in [1.165, 1.54) is 34.9 Å². The Kier molecular flexibility index (Phi) is 5.94. The first-order valence-corrected chi connectivity index (χ1v) is 13.0. The second kappa shape index (κ2) is 8.88. The van der Waals surface area contributed by atoms with Gasteiger partial charge in [-0.2, -0.15) is 5.10 Å². The molecule has 1 aromatic carbocycles. The number of thioether (sulfide) groups is 2. The van der Waals surface area contributed by atoms with Gasteiger partial charge in [0.25, 0.3) is 0 Å². The third-order valence-electron chi connectivity index (χ3n) is 5.58. The van der Waals surface area contributed by atoms with E-state index >= 15 is 0 Å². The molecular weight excluding hydrogens is 480 g/mol. The Morgan fingerprint density at radius 3 is 2.76 bits per heavy atom. The van der Waals surface area contributed by atoms with Crippen LogP contribution >= 0.6 is 34.9 Å². The van der Waals surface area contributed by atoms with Gasteiger partial charge in [-0.1, -0.05) is 36.0 Å². The van der Waals surface area contributed by atoms with Crippen LogP contribution in [-0.2, 0) is 20.8 Å². The van der Waals surface area contributed by atoms with Crippen molar-refractivity contribution in [3.05, 3.63) is 65.0 Å². The number of carbonyl (C=O) groups excluding carboxylic acids is 2. The highest BCUT2D eigenvalue weighted by molar-refractivity contribution is 8.05. The standard InChI is InChI=1S/C22H20N4O4S3/c27-16(11-15-7-4-10-31-15)24-18-19(28)25-12-22(21(29)30,13-32-20(18)25)33-17-8-9-23-26(17)14-5-2-1-3-6-14/h1-10,18,20H,11-13H2,(H,24,27)(H,29,30)/t18-,20-,22?/m1/s1. The highest BCUT2D eigenvalue weighted by atomic mass is 32.2. The molecule has 2 aliphatic rings. The fourth-order valence-corrected chi connectivity index (χ4v) is 7.51. The van der Waals surface area contributed by atoms with Gasteiger partial charge in [0, 0.05) is 17.2 Å². The number of β-lactam (4-membered cyclic amide) rings is 1. The van der Waals surface area contributed by atoms with Crippen LogP contribution in [0.15, 0.2) is 65.1 Å². The van der Waals surface area contributed by atoms with E-state index in [2.05, 4.69) is 10.4 Å². The number of aliphatic carboxylic acids is 1. The minimum Gasteiger partial charge on any atom is -0.480 e. The van der Waals surface area contributed by atoms with Crippen molar-refractivity contribution in [1.29, 1.82) is 0 Å². The van der Waals surface area contributed by atoms with Crippen LogP contribution in [0.4, 0.5) is 0 Å². The lowest BCUT2D eigenvalue weighted by atomic mass is 10.0. The third kappa shape index (κ3) is 4.16. The van der Waals surface area contributed by atoms with Crippen LogP contribution in [0.5, 0.6) is 0 Å². The largest absolute Gasteiger partial charge is 0.480 e. The van der Waals surface area contributed by atoms with E-state index < -0.39 is 16.8 Å². The summed E-state index contributed by atoms with van der Waals surface area (Å²) in [7, 11) is 0. The predicted molar refractivity (Wildman–Crippen MR) is 128 cm³/mol. The lowest BCUT2D eigenvalue weighted by Crippen LogP contribution is -2.74. The Bertz CT molecular complexity index is 1180. The number of amides is 2. The fourth-order valence-electron chi connectivity index (χ4n) is 3.91. The molecule has 8 nitrogen and oxygen atoms in total. The Labute approximate surface area is 202 Å². The van der Waals surface area contributed by atoms with Gasteiger partial charge in [-0.25, -0.2) is 4.68 Å². The Hall–Kier alpha value is -2.76. The maximum atomic E-state index is 12.8. The van der Waals surface area contributed by atoms with Crippen LogP contribution in [0.2, 0.25) is 0 Å². The van der Waals surface area contributed by atoms with Gasteiger partial charge in [-0.15, -0.1) is 23.1 Å². The molecule has 5 rings (SSSR count). The Morgan fingerprint density at radius 2 is 2.03 bits per heavy atom. The summed E-state index contributed by atoms with van der Waals surface area (Å²) in [6.07, 6.45) is 1.87. The summed E-state index contributed by atoms with van der Waals surface area (Å²) in [6.45, 7) is 0.0702. The topological polar surface area (TPSA) is 105 Å². The number of carboxylic acids is 1. The molecule has 2 amide bonds. The molecule has 0 bridgehead atoms. The quantitative estimate of drug-likeness (QED) is 0.480. The third-order valence-corrected chi connectivity index (χ3v) is 9.53. The molecule has 2 fully saturated rings. The number of rotatable bonds is 7. The summed E-state index contributed by atoms with van der Waals surface area (Å²) < 4.78 is 0.493. The zero-order valence-electron chi connectivity index (χ0n) is 17.3. The van der Waals surface area contributed by atoms with Crippen molar-refractivity contribution in [2.24, 2.45) is 0 Å². The smallest absolute Gasteiger partial charge is 0.322 e. The molecule has 0 aliphatic carbocycles. The van der Waals surface area contributed by atoms with Crippen LogP contribution in [-0.4, -0.2) is 66.0 Å². The number of aromatic nitrogens is 2. The second-order valence-electron chi connectivity index (χ2n) is 7.79. The van der Waals surface area contributed by atoms with E-state index in [4.69, 9.17) is 0 Å². The average molecular weight is 501 g/mol. The van der Waals surface area contributed by atoms with Crippen molar-refractivity contribution in [1.82, 2.24) is 20.0 Å². The molecule has 170 valence electrons. The van der Waals surface area contributed by atoms with Gasteiger partial charge < -0.3 is 15.3 Å². The highest BCUT2D eigenvalue weighted by Gasteiger charge is 2.58. The van der Waals surface area contributed by atoms with E-state index in [1.54, 1.807) is 21.8 Å². The first-order chi connectivity index (χ1) is 16.0. The molecule has 2 aliphatic heterocycles. The van der Waals surface area contributed by atoms with Crippen LogP contribution in [0, 0.1) is 0 Å². The van der Waals surface area contributed by atoms with Crippen molar-refractivity contribution in [2.75, 3.05) is 12.3 Å². The lowest BCUT2D eigenvalue weighted by molar-refractivity contribution is -0.152. The Balaban J connectivity index is 1.29. The minimum atomic E-state index is -1.21. The number of hydrogen-bond acceptors (Lipinski definition) is 7. The van der Waals surface area contributed by atoms with E-state index in [9.17, 15) is 19.5 Å². The maximum absolute atomic E-state index is 12.8. The second-order valence-corrected chi connectivity index (χ2v) is 11.3. The first kappa shape index (κ1) is 22.1. The summed E-state index contributed by atoms with van der Waals surface area (Å²) in [6, 6.07) is 14.4. The monoisotopic (exact) mass is 500 g/mol. The number of fused-ring (bicyclic) bond motifs is 1. The number of nitrogens with one attached hydrogen (secondary N) is 1. The van der Waals surface area contributed by atoms with E-state index in [0.29, 0.717) is 10.8 Å². The van der Waals surface area contributed by atoms with Gasteiger partial charge >= 0.3 is 5.97 Å². The van der Waals surface area contributed by atoms with Gasteiger partial charge in [0.15, 0.2) is 0 Å². The number of carbonyl (C=O) groups is 3. The van der Waals surface area contributed by atoms with E-state index in [-0.39, 0.29) is 30.2 Å². The van der Waals surface area contributed by atoms with Crippen molar-refractivity contribution in [3.8, 4) is 5.69 Å². The molecule has 2 saturated heterocycles. The number of benzene rings is 1. The molecular formula is C22H20N4O4S3. The Morgan fingerprint density at radius 1 is 1.21 bits per heavy atom. The molecule has 0 radical (unpaired) electrons. The molecule has 1 unspecified atom stereocenters. The van der Waals surface area contributed by atoms with Crippen LogP contribution in [0.3, 0.4) is 0 Å². The molecule has 4 heterocycles. The van der Waals surface area contributed by atoms with Crippen molar-refractivity contribution in [3.63, 3.8) is 0 Å². The van der Waals surface area contributed by atoms with Gasteiger partial charge in [0.1, 0.15) is 21.2 Å². The van der Waals surface area contributed by atoms with Gasteiger partial charge in [-0.05, 0) is 29.6 Å². The van der Waals surface area contributed by atoms with Crippen LogP contribution < -0.4 is 5.32 Å². The zero-order chi connectivity index (χ0) is 23.0. The molecule has 3 aromatic rings. The number of thiophene rings is 1. The highest BCUT2D eigenvalue weighted by Crippen LogP contribution is 2.46. The molecule has 0 spiro atoms. The normalized spacial score (nSPS) is 24.1. The summed E-state index contributed by atoms with van der Waals surface area (Å²) in [4.78, 5) is 40.1. The molecule has 2 N–H and O–H groups in total. The van der Waals surface area contributed by atoms with Crippen molar-refractivity contribution < 1.29 is 19.5 Å². The van der Waals surface area contributed by atoms with Gasteiger partial charge in [-0.3, -0.25) is 14.4 Å². The molecule has 11 heteroatoms. The number of para-hydroxylation sites is 1. The molecule has 2 aromatic heterocycles. The first-order valence-electron chi connectivity index (χ1n) is 10.2. The number of carboxylic acid groups (broad SMARTS) is 1. The predicted octanol–water partition coefficient (Wildman–Crippen LogP) is 2.49. The fraction of sp³-hybridized carbons (Fsp3) is 0.273. The van der Waals surface area contributed by atoms with E-state index in [0.717, 1.165) is 10.6 Å². The van der Waals surface area contributed by atoms with Crippen LogP contribution in [0.1, 0.15) is 4.88 Å². The molecule has 33 heavy (non-hydrogen) atoms. The minimum absolute atomic E-state index is 0.0702. The van der Waals surface area contributed by atoms with Crippen molar-refractivity contribution >= 4 is 52.6 Å². The molecule has 0 saturated carbocycles. The average Bonchev–Trinajstić information content (AvgIpc) is 3.50. The van der Waals surface area contributed by atoms with Crippen LogP contribution in [0.25, 0.3) is 5.69 Å². The number of hydrogen-bond donors (Lipinski definition) is 2. The van der Waals surface area contributed by atoms with Gasteiger partial charge in [0.2, 0.25) is 11.8 Å². The number of nitrogens with zero attached hydrogens (tertiary/aromatic N) is 3. The zero-order valence-corrected chi connectivity index (χ0v) is 19.7. The summed E-state index contributed by atoms with van der Waals surface area (Å²) in [5, 5.41) is 19.7. The summed E-state index contributed by atoms with van der Waals surface area (Å²) >= 11 is 4.10. The summed E-state index contributed by atoms with van der Waals surface area (Å²) in [5.74, 6) is -1.11. The maximum Gasteiger partial charge on any atom is 0.322 e. The van der Waals surface area contributed by atoms with Crippen molar-refractivity contribution in [2.45, 2.75) is 27.6 Å². The SMILES string of the molecule is O=C(Cc1cccs1)N[C@@H]1C(=O)N2CC(Sc3ccnn3-c3ccccc3)(C(=O)O)CS[C@H]12. The van der Waals surface area contributed by atoms with Gasteiger partial charge in [0.05, 0.1) is 18.3 Å². The summed E-state index contributed by atoms with van der Waals surface area (Å²) in [5.41, 5.74) is 0.834. The van der Waals surface area contributed by atoms with E-state index in [1.807, 2.05) is 47.8 Å². The lowest BCUT2D eigenvalue weighted by Gasteiger charge is -2.53.